The van der Waals surface area contributed by atoms with Crippen molar-refractivity contribution < 1.29 is 31.5 Å². The number of carbonyl (C=O) groups excluding carboxylic acids is 1. The highest BCUT2D eigenvalue weighted by Gasteiger charge is 2.33. The van der Waals surface area contributed by atoms with Gasteiger partial charge in [0, 0.05) is 5.69 Å². The minimum absolute atomic E-state index is 0.0243. The zero-order valence-corrected chi connectivity index (χ0v) is 18.5. The topological polar surface area (TPSA) is 83.5 Å². The van der Waals surface area contributed by atoms with Crippen LogP contribution in [0.4, 0.5) is 18.9 Å². The lowest BCUT2D eigenvalue weighted by molar-refractivity contribution is -0.137. The van der Waals surface area contributed by atoms with Crippen molar-refractivity contribution in [1.29, 1.82) is 0 Å². The molecule has 0 fully saturated rings. The van der Waals surface area contributed by atoms with E-state index in [-0.39, 0.29) is 33.8 Å². The van der Waals surface area contributed by atoms with Crippen LogP contribution in [0.1, 0.15) is 23.6 Å². The molecule has 9 heteroatoms. The molecule has 0 atom stereocenters. The molecule has 0 aliphatic heterocycles. The van der Waals surface area contributed by atoms with Crippen LogP contribution in [0, 0.1) is 0 Å². The summed E-state index contributed by atoms with van der Waals surface area (Å²) in [6.07, 6.45) is -4.58. The minimum Gasteiger partial charge on any atom is -0.392 e. The van der Waals surface area contributed by atoms with Crippen LogP contribution in [0.15, 0.2) is 71.6 Å². The molecule has 0 heterocycles. The zero-order chi connectivity index (χ0) is 24.2. The first-order valence-corrected chi connectivity index (χ1v) is 11.7. The third-order valence-corrected chi connectivity index (χ3v) is 6.86. The summed E-state index contributed by atoms with van der Waals surface area (Å²) in [6.45, 7) is 1.03. The van der Waals surface area contributed by atoms with Crippen molar-refractivity contribution in [3.8, 4) is 11.1 Å². The van der Waals surface area contributed by atoms with Gasteiger partial charge in [-0.05, 0) is 52.6 Å². The summed E-state index contributed by atoms with van der Waals surface area (Å²) in [5, 5.41) is 12.4. The number of sulfone groups is 1. The van der Waals surface area contributed by atoms with Crippen molar-refractivity contribution >= 4 is 21.4 Å². The second kappa shape index (κ2) is 9.76. The molecule has 3 rings (SSSR count). The Kier molecular flexibility index (Phi) is 7.24. The molecule has 1 amide bonds. The van der Waals surface area contributed by atoms with Crippen LogP contribution in [0.2, 0.25) is 0 Å². The number of aliphatic hydroxyl groups is 1. The lowest BCUT2D eigenvalue weighted by Crippen LogP contribution is -2.15. The van der Waals surface area contributed by atoms with Crippen LogP contribution in [-0.2, 0) is 33.8 Å². The maximum absolute atomic E-state index is 13.4. The summed E-state index contributed by atoms with van der Waals surface area (Å²) in [7, 11) is -3.33. The van der Waals surface area contributed by atoms with E-state index < -0.39 is 34.1 Å². The molecule has 0 aromatic heterocycles. The minimum atomic E-state index is -4.55. The van der Waals surface area contributed by atoms with E-state index in [1.807, 2.05) is 0 Å². The van der Waals surface area contributed by atoms with Crippen LogP contribution in [0.5, 0.6) is 0 Å². The van der Waals surface area contributed by atoms with Gasteiger partial charge >= 0.3 is 6.18 Å². The van der Waals surface area contributed by atoms with Crippen LogP contribution in [-0.4, -0.2) is 25.2 Å². The van der Waals surface area contributed by atoms with Gasteiger partial charge in [-0.25, -0.2) is 8.42 Å². The summed E-state index contributed by atoms with van der Waals surface area (Å²) in [6, 6.07) is 15.4. The number of rotatable bonds is 7. The van der Waals surface area contributed by atoms with E-state index in [1.165, 1.54) is 48.5 Å². The van der Waals surface area contributed by atoms with Crippen molar-refractivity contribution in [2.45, 2.75) is 31.0 Å². The van der Waals surface area contributed by atoms with Crippen molar-refractivity contribution in [3.63, 3.8) is 0 Å². The fraction of sp³-hybridized carbons (Fsp3) is 0.208. The molecular weight excluding hydrogens is 455 g/mol. The second-order valence-corrected chi connectivity index (χ2v) is 9.62. The second-order valence-electron chi connectivity index (χ2n) is 7.35. The molecule has 3 aromatic carbocycles. The van der Waals surface area contributed by atoms with Gasteiger partial charge in [0.1, 0.15) is 0 Å². The van der Waals surface area contributed by atoms with E-state index in [1.54, 1.807) is 19.1 Å². The van der Waals surface area contributed by atoms with Crippen LogP contribution >= 0.6 is 0 Å². The third kappa shape index (κ3) is 5.80. The SMILES string of the molecule is CCS(=O)(=O)c1ccc(CC(=O)Nc2ccc(-c3ccccc3C(F)(F)F)c(CO)c2)cc1. The van der Waals surface area contributed by atoms with Gasteiger partial charge in [0.05, 0.1) is 29.2 Å². The Morgan fingerprint density at radius 3 is 2.24 bits per heavy atom. The average molecular weight is 478 g/mol. The van der Waals surface area contributed by atoms with Gasteiger partial charge < -0.3 is 10.4 Å². The van der Waals surface area contributed by atoms with Gasteiger partial charge in [-0.2, -0.15) is 13.2 Å². The first-order valence-electron chi connectivity index (χ1n) is 10.1. The maximum atomic E-state index is 13.4. The maximum Gasteiger partial charge on any atom is 0.417 e. The molecule has 2 N–H and O–H groups in total. The predicted molar refractivity (Wildman–Crippen MR) is 119 cm³/mol. The molecule has 0 bridgehead atoms. The summed E-state index contributed by atoms with van der Waals surface area (Å²) in [4.78, 5) is 12.6. The Bertz CT molecular complexity index is 1250. The van der Waals surface area contributed by atoms with E-state index in [0.29, 0.717) is 11.3 Å². The molecular formula is C24H22F3NO4S. The van der Waals surface area contributed by atoms with Crippen molar-refractivity contribution in [2.75, 3.05) is 11.1 Å². The largest absolute Gasteiger partial charge is 0.417 e. The van der Waals surface area contributed by atoms with Gasteiger partial charge in [-0.15, -0.1) is 0 Å². The molecule has 33 heavy (non-hydrogen) atoms. The molecule has 0 aliphatic carbocycles. The molecule has 0 spiro atoms. The molecule has 0 radical (unpaired) electrons. The highest BCUT2D eigenvalue weighted by atomic mass is 32.2. The Morgan fingerprint density at radius 1 is 0.970 bits per heavy atom. The summed E-state index contributed by atoms with van der Waals surface area (Å²) < 4.78 is 63.9. The third-order valence-electron chi connectivity index (χ3n) is 5.11. The van der Waals surface area contributed by atoms with E-state index in [4.69, 9.17) is 0 Å². The van der Waals surface area contributed by atoms with Crippen molar-refractivity contribution in [3.05, 3.63) is 83.4 Å². The van der Waals surface area contributed by atoms with Crippen LogP contribution in [0.25, 0.3) is 11.1 Å². The molecule has 0 unspecified atom stereocenters. The van der Waals surface area contributed by atoms with Crippen LogP contribution < -0.4 is 5.32 Å². The quantitative estimate of drug-likeness (QED) is 0.510. The standard InChI is InChI=1S/C24H22F3NO4S/c1-2-33(31,32)19-10-7-16(8-11-19)13-23(30)28-18-9-12-20(17(14-18)15-29)21-5-3-4-6-22(21)24(25,26)27/h3-12,14,29H,2,13,15H2,1H3,(H,28,30). The summed E-state index contributed by atoms with van der Waals surface area (Å²) in [5.41, 5.74) is 0.497. The first-order chi connectivity index (χ1) is 15.5. The van der Waals surface area contributed by atoms with E-state index >= 15 is 0 Å². The highest BCUT2D eigenvalue weighted by molar-refractivity contribution is 7.91. The Balaban J connectivity index is 1.79. The molecule has 0 saturated carbocycles. The number of aliphatic hydroxyl groups excluding tert-OH is 1. The molecule has 0 aliphatic rings. The van der Waals surface area contributed by atoms with E-state index in [0.717, 1.165) is 6.07 Å². The molecule has 174 valence electrons. The first kappa shape index (κ1) is 24.5. The normalized spacial score (nSPS) is 11.9. The number of benzene rings is 3. The molecule has 5 nitrogen and oxygen atoms in total. The van der Waals surface area contributed by atoms with Gasteiger partial charge in [0.15, 0.2) is 9.84 Å². The Morgan fingerprint density at radius 2 is 1.64 bits per heavy atom. The number of carbonyl (C=O) groups is 1. The Labute approximate surface area is 189 Å². The predicted octanol–water partition coefficient (Wildman–Crippen LogP) is 4.84. The van der Waals surface area contributed by atoms with Gasteiger partial charge in [0.2, 0.25) is 5.91 Å². The lowest BCUT2D eigenvalue weighted by atomic mass is 9.95. The number of nitrogens with one attached hydrogen (secondary N) is 1. The number of halogens is 3. The highest BCUT2D eigenvalue weighted by Crippen LogP contribution is 2.38. The lowest BCUT2D eigenvalue weighted by Gasteiger charge is -2.16. The number of hydrogen-bond donors (Lipinski definition) is 2. The fourth-order valence-electron chi connectivity index (χ4n) is 3.40. The fourth-order valence-corrected chi connectivity index (χ4v) is 4.29. The average Bonchev–Trinajstić information content (AvgIpc) is 2.78. The molecule has 0 saturated heterocycles. The Hall–Kier alpha value is -3.17. The van der Waals surface area contributed by atoms with E-state index in [9.17, 15) is 31.5 Å². The van der Waals surface area contributed by atoms with Gasteiger partial charge in [-0.1, -0.05) is 43.3 Å². The summed E-state index contributed by atoms with van der Waals surface area (Å²) >= 11 is 0. The number of amides is 1. The number of anilines is 1. The monoisotopic (exact) mass is 477 g/mol. The van der Waals surface area contributed by atoms with Gasteiger partial charge in [-0.3, -0.25) is 4.79 Å². The van der Waals surface area contributed by atoms with Crippen molar-refractivity contribution in [2.24, 2.45) is 0 Å². The van der Waals surface area contributed by atoms with Crippen LogP contribution in [0.3, 0.4) is 0 Å². The van der Waals surface area contributed by atoms with E-state index in [2.05, 4.69) is 5.32 Å². The summed E-state index contributed by atoms with van der Waals surface area (Å²) in [5.74, 6) is -0.419. The zero-order valence-electron chi connectivity index (χ0n) is 17.7. The van der Waals surface area contributed by atoms with Crippen molar-refractivity contribution in [1.82, 2.24) is 0 Å². The smallest absolute Gasteiger partial charge is 0.392 e. The number of hydrogen-bond acceptors (Lipinski definition) is 4. The number of alkyl halides is 3. The van der Waals surface area contributed by atoms with Gasteiger partial charge in [0.25, 0.3) is 0 Å². The molecule has 3 aromatic rings.